The number of amides is 1. The number of hydrogen-bond donors (Lipinski definition) is 1. The minimum Gasteiger partial charge on any atom is -0.466 e. The highest BCUT2D eigenvalue weighted by atomic mass is 19.1. The van der Waals surface area contributed by atoms with Crippen LogP contribution in [0.1, 0.15) is 10.4 Å². The molecule has 0 aliphatic rings. The number of methoxy groups -OCH3 is 1. The van der Waals surface area contributed by atoms with Gasteiger partial charge >= 0.3 is 6.01 Å². The van der Waals surface area contributed by atoms with Gasteiger partial charge in [0.25, 0.3) is 5.91 Å². The van der Waals surface area contributed by atoms with E-state index in [0.717, 1.165) is 0 Å². The van der Waals surface area contributed by atoms with Crippen LogP contribution in [0.4, 0.5) is 14.5 Å². The summed E-state index contributed by atoms with van der Waals surface area (Å²) in [5.41, 5.74) is 1.58. The minimum absolute atomic E-state index is 0.0454. The van der Waals surface area contributed by atoms with Crippen molar-refractivity contribution in [3.63, 3.8) is 0 Å². The average Bonchev–Trinajstić information content (AvgIpc) is 3.19. The Morgan fingerprint density at radius 3 is 2.47 bits per heavy atom. The van der Waals surface area contributed by atoms with Crippen LogP contribution in [0.25, 0.3) is 17.1 Å². The number of hydrogen-bond acceptors (Lipinski definition) is 4. The molecule has 6 nitrogen and oxygen atoms in total. The Morgan fingerprint density at radius 2 is 1.77 bits per heavy atom. The molecule has 0 saturated heterocycles. The lowest BCUT2D eigenvalue weighted by Gasteiger charge is -2.09. The zero-order chi connectivity index (χ0) is 21.1. The Kier molecular flexibility index (Phi) is 5.21. The van der Waals surface area contributed by atoms with Crippen LogP contribution in [0.5, 0.6) is 6.01 Å². The van der Waals surface area contributed by atoms with Gasteiger partial charge in [0.05, 0.1) is 18.4 Å². The number of carbonyl (C=O) groups is 1. The molecule has 4 aromatic rings. The highest BCUT2D eigenvalue weighted by Crippen LogP contribution is 2.25. The molecule has 4 rings (SSSR count). The fourth-order valence-electron chi connectivity index (χ4n) is 2.90. The molecule has 0 bridgehead atoms. The molecule has 1 heterocycles. The maximum atomic E-state index is 13.8. The second-order valence-electron chi connectivity index (χ2n) is 6.33. The molecule has 0 aliphatic heterocycles. The highest BCUT2D eigenvalue weighted by molar-refractivity contribution is 6.04. The van der Waals surface area contributed by atoms with Gasteiger partial charge in [0.2, 0.25) is 0 Å². The van der Waals surface area contributed by atoms with E-state index in [0.29, 0.717) is 22.8 Å². The summed E-state index contributed by atoms with van der Waals surface area (Å²) in [5.74, 6) is -1.15. The van der Waals surface area contributed by atoms with E-state index in [4.69, 9.17) is 4.74 Å². The van der Waals surface area contributed by atoms with E-state index in [1.54, 1.807) is 42.5 Å². The van der Waals surface area contributed by atoms with Crippen molar-refractivity contribution in [3.8, 4) is 23.1 Å². The molecule has 30 heavy (non-hydrogen) atoms. The van der Waals surface area contributed by atoms with Crippen LogP contribution in [0.15, 0.2) is 72.8 Å². The zero-order valence-corrected chi connectivity index (χ0v) is 15.8. The first-order valence-electron chi connectivity index (χ1n) is 8.98. The second kappa shape index (κ2) is 8.12. The molecule has 8 heteroatoms. The van der Waals surface area contributed by atoms with Crippen molar-refractivity contribution in [3.05, 3.63) is 90.0 Å². The van der Waals surface area contributed by atoms with Gasteiger partial charge in [-0.1, -0.05) is 24.3 Å². The first-order valence-corrected chi connectivity index (χ1v) is 8.98. The van der Waals surface area contributed by atoms with E-state index in [2.05, 4.69) is 15.4 Å². The van der Waals surface area contributed by atoms with Gasteiger partial charge in [0.15, 0.2) is 5.82 Å². The zero-order valence-electron chi connectivity index (χ0n) is 15.8. The first-order chi connectivity index (χ1) is 14.5. The minimum atomic E-state index is -0.596. The van der Waals surface area contributed by atoms with Crippen molar-refractivity contribution in [1.82, 2.24) is 14.8 Å². The van der Waals surface area contributed by atoms with Gasteiger partial charge in [0.1, 0.15) is 11.6 Å². The van der Waals surface area contributed by atoms with Crippen LogP contribution in [0.2, 0.25) is 0 Å². The Bertz CT molecular complexity index is 1210. The van der Waals surface area contributed by atoms with Crippen molar-refractivity contribution in [2.75, 3.05) is 12.4 Å². The third-order valence-electron chi connectivity index (χ3n) is 4.34. The summed E-state index contributed by atoms with van der Waals surface area (Å²) in [6, 6.07) is 18.6. The molecule has 0 aliphatic carbocycles. The molecular weight excluding hydrogens is 390 g/mol. The third-order valence-corrected chi connectivity index (χ3v) is 4.34. The van der Waals surface area contributed by atoms with E-state index in [9.17, 15) is 13.6 Å². The Morgan fingerprint density at radius 1 is 1.00 bits per heavy atom. The summed E-state index contributed by atoms with van der Waals surface area (Å²) in [6.45, 7) is 0. The number of rotatable bonds is 5. The molecule has 0 fully saturated rings. The van der Waals surface area contributed by atoms with Crippen LogP contribution < -0.4 is 10.1 Å². The Balaban J connectivity index is 1.62. The van der Waals surface area contributed by atoms with Gasteiger partial charge in [-0.3, -0.25) is 4.79 Å². The maximum Gasteiger partial charge on any atom is 0.336 e. The molecule has 150 valence electrons. The lowest BCUT2D eigenvalue weighted by molar-refractivity contribution is 0.102. The van der Waals surface area contributed by atoms with Gasteiger partial charge < -0.3 is 10.1 Å². The third kappa shape index (κ3) is 3.88. The maximum absolute atomic E-state index is 13.8. The molecule has 3 aromatic carbocycles. The summed E-state index contributed by atoms with van der Waals surface area (Å²) in [5, 5.41) is 6.93. The average molecular weight is 406 g/mol. The van der Waals surface area contributed by atoms with Crippen molar-refractivity contribution < 1.29 is 18.3 Å². The number of nitrogens with one attached hydrogen (secondary N) is 1. The van der Waals surface area contributed by atoms with E-state index >= 15 is 0 Å². The van der Waals surface area contributed by atoms with Crippen LogP contribution in [0, 0.1) is 11.6 Å². The van der Waals surface area contributed by atoms with Crippen LogP contribution in [0.3, 0.4) is 0 Å². The molecule has 1 amide bonds. The fourth-order valence-corrected chi connectivity index (χ4v) is 2.90. The van der Waals surface area contributed by atoms with Crippen molar-refractivity contribution in [1.29, 1.82) is 0 Å². The topological polar surface area (TPSA) is 69.0 Å². The highest BCUT2D eigenvalue weighted by Gasteiger charge is 2.15. The molecule has 0 radical (unpaired) electrons. The predicted octanol–water partition coefficient (Wildman–Crippen LogP) is 4.47. The van der Waals surface area contributed by atoms with E-state index < -0.39 is 17.5 Å². The van der Waals surface area contributed by atoms with Gasteiger partial charge in [-0.15, -0.1) is 5.10 Å². The molecule has 1 N–H and O–H groups in total. The largest absolute Gasteiger partial charge is 0.466 e. The fraction of sp³-hybridized carbons (Fsp3) is 0.0455. The summed E-state index contributed by atoms with van der Waals surface area (Å²) in [7, 11) is 1.44. The summed E-state index contributed by atoms with van der Waals surface area (Å²) in [6.07, 6.45) is 0. The predicted molar refractivity (Wildman–Crippen MR) is 108 cm³/mol. The lowest BCUT2D eigenvalue weighted by Crippen LogP contribution is -2.13. The molecule has 1 aromatic heterocycles. The number of anilines is 1. The molecule has 0 spiro atoms. The van der Waals surface area contributed by atoms with Crippen LogP contribution in [-0.2, 0) is 0 Å². The van der Waals surface area contributed by atoms with Crippen LogP contribution in [-0.4, -0.2) is 27.8 Å². The molecule has 0 saturated carbocycles. The first kappa shape index (κ1) is 19.3. The van der Waals surface area contributed by atoms with Crippen molar-refractivity contribution >= 4 is 11.6 Å². The molecule has 0 unspecified atom stereocenters. The number of carbonyl (C=O) groups excluding carboxylic acids is 1. The SMILES string of the molecule is COc1nc(-c2cccc(F)c2)n(-c2ccc(NC(=O)c3ccccc3F)cc2)n1. The van der Waals surface area contributed by atoms with Crippen molar-refractivity contribution in [2.24, 2.45) is 0 Å². The van der Waals surface area contributed by atoms with E-state index in [-0.39, 0.29) is 11.6 Å². The second-order valence-corrected chi connectivity index (χ2v) is 6.33. The number of nitrogens with zero attached hydrogens (tertiary/aromatic N) is 3. The molecule has 0 atom stereocenters. The van der Waals surface area contributed by atoms with Gasteiger partial charge in [-0.2, -0.15) is 4.98 Å². The smallest absolute Gasteiger partial charge is 0.336 e. The Hall–Kier alpha value is -4.07. The van der Waals surface area contributed by atoms with E-state index in [1.165, 1.54) is 42.1 Å². The van der Waals surface area contributed by atoms with E-state index in [1.807, 2.05) is 0 Å². The summed E-state index contributed by atoms with van der Waals surface area (Å²) < 4.78 is 34.1. The normalized spacial score (nSPS) is 10.6. The number of ether oxygens (including phenoxy) is 1. The monoisotopic (exact) mass is 406 g/mol. The Labute approximate surface area is 170 Å². The lowest BCUT2D eigenvalue weighted by atomic mass is 10.2. The number of halogens is 2. The van der Waals surface area contributed by atoms with Crippen LogP contribution >= 0.6 is 0 Å². The number of aromatic nitrogens is 3. The summed E-state index contributed by atoms with van der Waals surface area (Å²) in [4.78, 5) is 16.6. The van der Waals surface area contributed by atoms with Crippen molar-refractivity contribution in [2.45, 2.75) is 0 Å². The quantitative estimate of drug-likeness (QED) is 0.531. The summed E-state index contributed by atoms with van der Waals surface area (Å²) >= 11 is 0. The molecular formula is C22H16F2N4O2. The van der Waals surface area contributed by atoms with Gasteiger partial charge in [-0.05, 0) is 48.5 Å². The standard InChI is InChI=1S/C22H16F2N4O2/c1-30-22-26-20(14-5-4-6-15(23)13-14)28(27-22)17-11-9-16(10-12-17)25-21(29)18-7-2-3-8-19(18)24/h2-13H,1H3,(H,25,29). The number of benzene rings is 3. The van der Waals surface area contributed by atoms with Gasteiger partial charge in [0, 0.05) is 11.3 Å². The van der Waals surface area contributed by atoms with Gasteiger partial charge in [-0.25, -0.2) is 13.5 Å².